The van der Waals surface area contributed by atoms with Crippen molar-refractivity contribution in [3.8, 4) is 17.1 Å². The molecule has 3 rings (SSSR count). The standard InChI is InChI=1S/C15H12N4O2/c1-10-4-6-17-14(7-10)19-13(8-12(18-19)15(20)21)11-3-2-5-16-9-11/h2-9H,1H3,(H,20,21). The highest BCUT2D eigenvalue weighted by Crippen LogP contribution is 2.22. The second kappa shape index (κ2) is 5.16. The first kappa shape index (κ1) is 13.0. The molecule has 3 aromatic rings. The zero-order valence-electron chi connectivity index (χ0n) is 11.3. The molecule has 0 radical (unpaired) electrons. The summed E-state index contributed by atoms with van der Waals surface area (Å²) in [5, 5.41) is 13.3. The van der Waals surface area contributed by atoms with Gasteiger partial charge in [0.15, 0.2) is 11.5 Å². The fourth-order valence-corrected chi connectivity index (χ4v) is 2.02. The smallest absolute Gasteiger partial charge is 0.356 e. The van der Waals surface area contributed by atoms with Crippen molar-refractivity contribution in [3.63, 3.8) is 0 Å². The van der Waals surface area contributed by atoms with Crippen molar-refractivity contribution in [1.82, 2.24) is 19.7 Å². The molecule has 3 aromatic heterocycles. The molecule has 0 saturated heterocycles. The van der Waals surface area contributed by atoms with Crippen LogP contribution >= 0.6 is 0 Å². The van der Waals surface area contributed by atoms with Crippen molar-refractivity contribution in [3.05, 3.63) is 60.2 Å². The Morgan fingerprint density at radius 3 is 2.76 bits per heavy atom. The minimum atomic E-state index is -1.08. The largest absolute Gasteiger partial charge is 0.476 e. The van der Waals surface area contributed by atoms with Crippen LogP contribution in [0.15, 0.2) is 48.9 Å². The molecule has 0 amide bonds. The fourth-order valence-electron chi connectivity index (χ4n) is 2.02. The number of carboxylic acid groups (broad SMARTS) is 1. The van der Waals surface area contributed by atoms with Gasteiger partial charge in [-0.1, -0.05) is 0 Å². The number of pyridine rings is 2. The molecular formula is C15H12N4O2. The Balaban J connectivity index is 2.21. The highest BCUT2D eigenvalue weighted by atomic mass is 16.4. The molecule has 0 aliphatic carbocycles. The SMILES string of the molecule is Cc1ccnc(-n2nc(C(=O)O)cc2-c2cccnc2)c1. The van der Waals surface area contributed by atoms with Gasteiger partial charge in [-0.15, -0.1) is 0 Å². The predicted molar refractivity (Wildman–Crippen MR) is 76.3 cm³/mol. The highest BCUT2D eigenvalue weighted by Gasteiger charge is 2.16. The first-order valence-corrected chi connectivity index (χ1v) is 6.32. The summed E-state index contributed by atoms with van der Waals surface area (Å²) < 4.78 is 1.52. The topological polar surface area (TPSA) is 80.9 Å². The van der Waals surface area contributed by atoms with Crippen LogP contribution in [0, 0.1) is 6.92 Å². The van der Waals surface area contributed by atoms with E-state index in [2.05, 4.69) is 15.1 Å². The van der Waals surface area contributed by atoms with E-state index in [1.54, 1.807) is 24.7 Å². The Bertz CT molecular complexity index is 796. The summed E-state index contributed by atoms with van der Waals surface area (Å²) in [6.07, 6.45) is 4.99. The summed E-state index contributed by atoms with van der Waals surface area (Å²) in [5.74, 6) is -0.507. The number of carbonyl (C=O) groups is 1. The van der Waals surface area contributed by atoms with Gasteiger partial charge in [0, 0.05) is 24.2 Å². The van der Waals surface area contributed by atoms with Crippen LogP contribution < -0.4 is 0 Å². The molecule has 0 aliphatic rings. The molecule has 21 heavy (non-hydrogen) atoms. The van der Waals surface area contributed by atoms with Gasteiger partial charge >= 0.3 is 5.97 Å². The third-order valence-corrected chi connectivity index (χ3v) is 3.00. The van der Waals surface area contributed by atoms with Gasteiger partial charge in [0.1, 0.15) is 0 Å². The Morgan fingerprint density at radius 1 is 1.24 bits per heavy atom. The van der Waals surface area contributed by atoms with Gasteiger partial charge in [-0.25, -0.2) is 14.5 Å². The predicted octanol–water partition coefficient (Wildman–Crippen LogP) is 2.34. The number of aryl methyl sites for hydroxylation is 1. The summed E-state index contributed by atoms with van der Waals surface area (Å²) in [7, 11) is 0. The van der Waals surface area contributed by atoms with Gasteiger partial charge in [0.05, 0.1) is 5.69 Å². The lowest BCUT2D eigenvalue weighted by Gasteiger charge is -2.06. The van der Waals surface area contributed by atoms with Crippen LogP contribution in [0.4, 0.5) is 0 Å². The lowest BCUT2D eigenvalue weighted by molar-refractivity contribution is 0.0690. The van der Waals surface area contributed by atoms with Crippen LogP contribution in [-0.4, -0.2) is 30.8 Å². The minimum Gasteiger partial charge on any atom is -0.476 e. The van der Waals surface area contributed by atoms with E-state index >= 15 is 0 Å². The molecule has 3 heterocycles. The maximum Gasteiger partial charge on any atom is 0.356 e. The van der Waals surface area contributed by atoms with E-state index in [-0.39, 0.29) is 5.69 Å². The lowest BCUT2D eigenvalue weighted by atomic mass is 10.2. The summed E-state index contributed by atoms with van der Waals surface area (Å²) in [6.45, 7) is 1.94. The molecule has 0 unspecified atom stereocenters. The molecule has 0 atom stereocenters. The molecule has 0 bridgehead atoms. The van der Waals surface area contributed by atoms with Crippen molar-refractivity contribution < 1.29 is 9.90 Å². The van der Waals surface area contributed by atoms with Crippen molar-refractivity contribution in [1.29, 1.82) is 0 Å². The number of aromatic carboxylic acids is 1. The van der Waals surface area contributed by atoms with E-state index in [0.717, 1.165) is 11.1 Å². The van der Waals surface area contributed by atoms with E-state index in [4.69, 9.17) is 5.11 Å². The molecule has 6 heteroatoms. The number of aromatic nitrogens is 4. The van der Waals surface area contributed by atoms with E-state index in [9.17, 15) is 4.79 Å². The van der Waals surface area contributed by atoms with Crippen molar-refractivity contribution >= 4 is 5.97 Å². The zero-order chi connectivity index (χ0) is 14.8. The first-order valence-electron chi connectivity index (χ1n) is 6.32. The number of hydrogen-bond donors (Lipinski definition) is 1. The molecule has 0 saturated carbocycles. The summed E-state index contributed by atoms with van der Waals surface area (Å²) in [6, 6.07) is 8.87. The second-order valence-corrected chi connectivity index (χ2v) is 4.56. The minimum absolute atomic E-state index is 0.0304. The van der Waals surface area contributed by atoms with Crippen LogP contribution in [0.3, 0.4) is 0 Å². The molecule has 104 valence electrons. The maximum absolute atomic E-state index is 11.2. The number of rotatable bonds is 3. The third kappa shape index (κ3) is 2.51. The van der Waals surface area contributed by atoms with Crippen molar-refractivity contribution in [2.75, 3.05) is 0 Å². The summed E-state index contributed by atoms with van der Waals surface area (Å²) >= 11 is 0. The Kier molecular flexibility index (Phi) is 3.19. The van der Waals surface area contributed by atoms with Crippen LogP contribution in [-0.2, 0) is 0 Å². The van der Waals surface area contributed by atoms with E-state index in [1.165, 1.54) is 10.7 Å². The Labute approximate surface area is 120 Å². The molecule has 1 N–H and O–H groups in total. The second-order valence-electron chi connectivity index (χ2n) is 4.56. The normalized spacial score (nSPS) is 10.5. The maximum atomic E-state index is 11.2. The van der Waals surface area contributed by atoms with Crippen molar-refractivity contribution in [2.24, 2.45) is 0 Å². The van der Waals surface area contributed by atoms with E-state index < -0.39 is 5.97 Å². The fraction of sp³-hybridized carbons (Fsp3) is 0.0667. The van der Waals surface area contributed by atoms with Crippen LogP contribution in [0.2, 0.25) is 0 Å². The molecule has 6 nitrogen and oxygen atoms in total. The molecule has 0 aromatic carbocycles. The molecular weight excluding hydrogens is 268 g/mol. The van der Waals surface area contributed by atoms with Gasteiger partial charge in [-0.2, -0.15) is 5.10 Å². The molecule has 0 fully saturated rings. The zero-order valence-corrected chi connectivity index (χ0v) is 11.3. The summed E-state index contributed by atoms with van der Waals surface area (Å²) in [5.41, 5.74) is 2.40. The average molecular weight is 280 g/mol. The van der Waals surface area contributed by atoms with Crippen LogP contribution in [0.1, 0.15) is 16.1 Å². The Hall–Kier alpha value is -3.02. The monoisotopic (exact) mass is 280 g/mol. The molecule has 0 aliphatic heterocycles. The number of carboxylic acids is 1. The quantitative estimate of drug-likeness (QED) is 0.796. The lowest BCUT2D eigenvalue weighted by Crippen LogP contribution is -2.04. The van der Waals surface area contributed by atoms with Crippen LogP contribution in [0.25, 0.3) is 17.1 Å². The number of hydrogen-bond acceptors (Lipinski definition) is 4. The first-order chi connectivity index (χ1) is 10.1. The van der Waals surface area contributed by atoms with E-state index in [1.807, 2.05) is 25.1 Å². The summed E-state index contributed by atoms with van der Waals surface area (Å²) in [4.78, 5) is 19.5. The van der Waals surface area contributed by atoms with E-state index in [0.29, 0.717) is 11.5 Å². The van der Waals surface area contributed by atoms with Gasteiger partial charge in [0.2, 0.25) is 0 Å². The highest BCUT2D eigenvalue weighted by molar-refractivity contribution is 5.87. The van der Waals surface area contributed by atoms with Crippen molar-refractivity contribution in [2.45, 2.75) is 6.92 Å². The molecule has 0 spiro atoms. The number of nitrogens with zero attached hydrogens (tertiary/aromatic N) is 4. The van der Waals surface area contributed by atoms with Gasteiger partial charge < -0.3 is 5.11 Å². The van der Waals surface area contributed by atoms with Gasteiger partial charge in [-0.3, -0.25) is 4.98 Å². The van der Waals surface area contributed by atoms with Gasteiger partial charge in [-0.05, 0) is 42.8 Å². The third-order valence-electron chi connectivity index (χ3n) is 3.00. The Morgan fingerprint density at radius 2 is 2.10 bits per heavy atom. The van der Waals surface area contributed by atoms with Gasteiger partial charge in [0.25, 0.3) is 0 Å². The average Bonchev–Trinajstić information content (AvgIpc) is 2.93. The van der Waals surface area contributed by atoms with Crippen LogP contribution in [0.5, 0.6) is 0 Å².